The monoisotopic (exact) mass is 228 g/mol. The molecular weight excluding hydrogens is 208 g/mol. The van der Waals surface area contributed by atoms with E-state index in [1.165, 1.54) is 0 Å². The van der Waals surface area contributed by atoms with Crippen LogP contribution in [0.3, 0.4) is 0 Å². The molecule has 1 amide bonds. The topological polar surface area (TPSA) is 60.9 Å². The first kappa shape index (κ1) is 13.0. The van der Waals surface area contributed by atoms with Crippen LogP contribution in [0.5, 0.6) is 0 Å². The van der Waals surface area contributed by atoms with Crippen LogP contribution in [0.1, 0.15) is 19.8 Å². The first-order chi connectivity index (χ1) is 7.43. The van der Waals surface area contributed by atoms with Crippen LogP contribution in [0.2, 0.25) is 0 Å². The lowest BCUT2D eigenvalue weighted by molar-refractivity contribution is -0.142. The Bertz CT molecular complexity index is 278. The first-order valence-corrected chi connectivity index (χ1v) is 5.60. The molecule has 1 fully saturated rings. The minimum atomic E-state index is -0.865. The van der Waals surface area contributed by atoms with Gasteiger partial charge in [-0.3, -0.25) is 9.59 Å². The van der Waals surface area contributed by atoms with E-state index in [0.29, 0.717) is 6.54 Å². The molecule has 92 valence electrons. The molecule has 16 heavy (non-hydrogen) atoms. The maximum absolute atomic E-state index is 11.6. The number of aliphatic carboxylic acids is 1. The predicted octanol–water partition coefficient (Wildman–Crippen LogP) is 0.260. The summed E-state index contributed by atoms with van der Waals surface area (Å²) < 4.78 is 0. The van der Waals surface area contributed by atoms with Crippen molar-refractivity contribution in [1.82, 2.24) is 9.80 Å². The van der Waals surface area contributed by atoms with E-state index in [1.807, 2.05) is 21.0 Å². The van der Waals surface area contributed by atoms with Gasteiger partial charge in [-0.1, -0.05) is 0 Å². The zero-order valence-electron chi connectivity index (χ0n) is 10.1. The molecule has 1 aliphatic rings. The average Bonchev–Trinajstić information content (AvgIpc) is 2.44. The van der Waals surface area contributed by atoms with Crippen molar-refractivity contribution in [2.24, 2.45) is 5.92 Å². The Morgan fingerprint density at radius 3 is 2.62 bits per heavy atom. The van der Waals surface area contributed by atoms with E-state index in [2.05, 4.69) is 4.90 Å². The number of carbonyl (C=O) groups excluding carboxylic acids is 1. The van der Waals surface area contributed by atoms with Gasteiger partial charge in [0.05, 0.1) is 5.92 Å². The van der Waals surface area contributed by atoms with E-state index in [9.17, 15) is 9.59 Å². The number of hydrogen-bond donors (Lipinski definition) is 1. The smallest absolute Gasteiger partial charge is 0.309 e. The number of hydrogen-bond acceptors (Lipinski definition) is 3. The molecule has 0 saturated carbocycles. The van der Waals surface area contributed by atoms with Crippen molar-refractivity contribution in [3.63, 3.8) is 0 Å². The summed E-state index contributed by atoms with van der Waals surface area (Å²) >= 11 is 0. The van der Waals surface area contributed by atoms with Gasteiger partial charge in [-0.25, -0.2) is 0 Å². The summed E-state index contributed by atoms with van der Waals surface area (Å²) in [6.45, 7) is 3.38. The number of carbonyl (C=O) groups is 2. The van der Waals surface area contributed by atoms with Gasteiger partial charge in [0, 0.05) is 19.0 Å². The molecule has 2 unspecified atom stereocenters. The van der Waals surface area contributed by atoms with Crippen LogP contribution in [0.4, 0.5) is 0 Å². The van der Waals surface area contributed by atoms with E-state index in [-0.39, 0.29) is 18.4 Å². The van der Waals surface area contributed by atoms with Gasteiger partial charge < -0.3 is 14.9 Å². The number of carboxylic acids is 1. The van der Waals surface area contributed by atoms with Crippen LogP contribution in [0, 0.1) is 5.92 Å². The van der Waals surface area contributed by atoms with Crippen LogP contribution >= 0.6 is 0 Å². The number of likely N-dealkylation sites (tertiary alicyclic amines) is 1. The molecule has 1 aliphatic heterocycles. The van der Waals surface area contributed by atoms with Crippen molar-refractivity contribution in [1.29, 1.82) is 0 Å². The molecule has 1 rings (SSSR count). The van der Waals surface area contributed by atoms with E-state index in [1.54, 1.807) is 4.90 Å². The van der Waals surface area contributed by atoms with Crippen LogP contribution in [-0.2, 0) is 9.59 Å². The summed E-state index contributed by atoms with van der Waals surface area (Å²) in [5, 5.41) is 8.95. The number of carboxylic acid groups (broad SMARTS) is 1. The highest BCUT2D eigenvalue weighted by atomic mass is 16.4. The van der Waals surface area contributed by atoms with Crippen molar-refractivity contribution < 1.29 is 14.7 Å². The molecule has 2 atom stereocenters. The van der Waals surface area contributed by atoms with Gasteiger partial charge in [0.2, 0.25) is 5.91 Å². The summed E-state index contributed by atoms with van der Waals surface area (Å²) in [4.78, 5) is 26.3. The standard InChI is InChI=1S/C11H20N2O3/c1-8-9(11(15)16)7-10(14)13(8)6-4-5-12(2)3/h8-9H,4-7H2,1-3H3,(H,15,16). The third kappa shape index (κ3) is 2.95. The van der Waals surface area contributed by atoms with E-state index >= 15 is 0 Å². The van der Waals surface area contributed by atoms with Gasteiger partial charge in [-0.05, 0) is 34.0 Å². The Morgan fingerprint density at radius 2 is 2.19 bits per heavy atom. The molecule has 0 radical (unpaired) electrons. The lowest BCUT2D eigenvalue weighted by atomic mass is 10.0. The molecule has 1 heterocycles. The highest BCUT2D eigenvalue weighted by Gasteiger charge is 2.40. The highest BCUT2D eigenvalue weighted by Crippen LogP contribution is 2.25. The molecule has 1 saturated heterocycles. The van der Waals surface area contributed by atoms with Crippen LogP contribution in [0.25, 0.3) is 0 Å². The van der Waals surface area contributed by atoms with E-state index in [0.717, 1.165) is 13.0 Å². The molecule has 1 N–H and O–H groups in total. The fourth-order valence-electron chi connectivity index (χ4n) is 2.10. The maximum Gasteiger partial charge on any atom is 0.309 e. The maximum atomic E-state index is 11.6. The zero-order chi connectivity index (χ0) is 12.3. The Balaban J connectivity index is 2.48. The minimum absolute atomic E-state index is 0.0290. The summed E-state index contributed by atoms with van der Waals surface area (Å²) in [7, 11) is 3.96. The molecule has 0 aromatic rings. The van der Waals surface area contributed by atoms with Crippen molar-refractivity contribution in [3.05, 3.63) is 0 Å². The molecule has 0 bridgehead atoms. The van der Waals surface area contributed by atoms with Gasteiger partial charge in [-0.15, -0.1) is 0 Å². The Hall–Kier alpha value is -1.10. The van der Waals surface area contributed by atoms with Gasteiger partial charge >= 0.3 is 5.97 Å². The third-order valence-corrected chi connectivity index (χ3v) is 3.11. The van der Waals surface area contributed by atoms with Gasteiger partial charge in [0.1, 0.15) is 0 Å². The Labute approximate surface area is 96.0 Å². The van der Waals surface area contributed by atoms with E-state index < -0.39 is 11.9 Å². The molecule has 0 spiro atoms. The second kappa shape index (κ2) is 5.30. The molecule has 0 aliphatic carbocycles. The van der Waals surface area contributed by atoms with Crippen molar-refractivity contribution in [2.45, 2.75) is 25.8 Å². The zero-order valence-corrected chi connectivity index (χ0v) is 10.1. The summed E-state index contributed by atoms with van der Waals surface area (Å²) in [5.74, 6) is -1.43. The first-order valence-electron chi connectivity index (χ1n) is 5.60. The number of nitrogens with zero attached hydrogens (tertiary/aromatic N) is 2. The summed E-state index contributed by atoms with van der Waals surface area (Å²) in [6.07, 6.45) is 1.04. The molecule has 5 heteroatoms. The second-order valence-electron chi connectivity index (χ2n) is 4.63. The van der Waals surface area contributed by atoms with Crippen LogP contribution in [-0.4, -0.2) is 60.0 Å². The largest absolute Gasteiger partial charge is 0.481 e. The van der Waals surface area contributed by atoms with Gasteiger partial charge in [-0.2, -0.15) is 0 Å². The fourth-order valence-corrected chi connectivity index (χ4v) is 2.10. The molecule has 0 aromatic carbocycles. The average molecular weight is 228 g/mol. The second-order valence-corrected chi connectivity index (χ2v) is 4.63. The fraction of sp³-hybridized carbons (Fsp3) is 0.818. The Morgan fingerprint density at radius 1 is 1.56 bits per heavy atom. The van der Waals surface area contributed by atoms with E-state index in [4.69, 9.17) is 5.11 Å². The summed E-state index contributed by atoms with van der Waals surface area (Å²) in [6, 6.07) is -0.174. The van der Waals surface area contributed by atoms with Crippen molar-refractivity contribution in [2.75, 3.05) is 27.2 Å². The van der Waals surface area contributed by atoms with Crippen LogP contribution < -0.4 is 0 Å². The summed E-state index contributed by atoms with van der Waals surface area (Å²) in [5.41, 5.74) is 0. The Kier molecular flexibility index (Phi) is 4.29. The lowest BCUT2D eigenvalue weighted by Crippen LogP contribution is -2.36. The van der Waals surface area contributed by atoms with Crippen molar-refractivity contribution in [3.8, 4) is 0 Å². The highest BCUT2D eigenvalue weighted by molar-refractivity contribution is 5.86. The molecule has 0 aromatic heterocycles. The number of rotatable bonds is 5. The predicted molar refractivity (Wildman–Crippen MR) is 60.1 cm³/mol. The SMILES string of the molecule is CC1C(C(=O)O)CC(=O)N1CCCN(C)C. The third-order valence-electron chi connectivity index (χ3n) is 3.11. The normalized spacial score (nSPS) is 25.5. The minimum Gasteiger partial charge on any atom is -0.481 e. The van der Waals surface area contributed by atoms with Crippen LogP contribution in [0.15, 0.2) is 0 Å². The van der Waals surface area contributed by atoms with Gasteiger partial charge in [0.15, 0.2) is 0 Å². The molecule has 5 nitrogen and oxygen atoms in total. The number of amides is 1. The quantitative estimate of drug-likeness (QED) is 0.733. The molecular formula is C11H20N2O3. The lowest BCUT2D eigenvalue weighted by Gasteiger charge is -2.24. The van der Waals surface area contributed by atoms with Crippen molar-refractivity contribution >= 4 is 11.9 Å². The van der Waals surface area contributed by atoms with Gasteiger partial charge in [0.25, 0.3) is 0 Å².